The van der Waals surface area contributed by atoms with Gasteiger partial charge in [0.05, 0.1) is 16.2 Å². The number of non-ortho nitro benzene ring substituents is 1. The second-order valence-corrected chi connectivity index (χ2v) is 4.34. The van der Waals surface area contributed by atoms with Crippen LogP contribution in [0.1, 0.15) is 22.8 Å². The summed E-state index contributed by atoms with van der Waals surface area (Å²) in [6, 6.07) is 6.75. The number of nitro groups is 1. The number of pyridine rings is 1. The van der Waals surface area contributed by atoms with Gasteiger partial charge in [-0.05, 0) is 25.1 Å². The molecule has 0 saturated carbocycles. The van der Waals surface area contributed by atoms with Crippen molar-refractivity contribution in [3.05, 3.63) is 64.0 Å². The van der Waals surface area contributed by atoms with E-state index in [0.717, 1.165) is 0 Å². The molecule has 1 aromatic heterocycles. The maximum atomic E-state index is 11.8. The Kier molecular flexibility index (Phi) is 4.42. The topological polar surface area (TPSA) is 118 Å². The van der Waals surface area contributed by atoms with E-state index in [9.17, 15) is 20.0 Å². The summed E-state index contributed by atoms with van der Waals surface area (Å²) in [5.41, 5.74) is 2.85. The van der Waals surface area contributed by atoms with E-state index >= 15 is 0 Å². The smallest absolute Gasteiger partial charge is 0.272 e. The van der Waals surface area contributed by atoms with E-state index in [-0.39, 0.29) is 22.7 Å². The molecule has 1 aromatic carbocycles. The van der Waals surface area contributed by atoms with Gasteiger partial charge < -0.3 is 5.11 Å². The summed E-state index contributed by atoms with van der Waals surface area (Å²) in [5.74, 6) is -0.639. The number of benzene rings is 1. The highest BCUT2D eigenvalue weighted by atomic mass is 16.6. The molecular formula is C14H12N4O4. The molecule has 112 valence electrons. The maximum Gasteiger partial charge on any atom is 0.272 e. The molecule has 2 rings (SSSR count). The van der Waals surface area contributed by atoms with Gasteiger partial charge in [-0.25, -0.2) is 5.43 Å². The molecular weight excluding hydrogens is 288 g/mol. The summed E-state index contributed by atoms with van der Waals surface area (Å²) >= 11 is 0. The lowest BCUT2D eigenvalue weighted by Crippen LogP contribution is -2.19. The van der Waals surface area contributed by atoms with Crippen LogP contribution in [0.5, 0.6) is 5.75 Å². The van der Waals surface area contributed by atoms with Crippen LogP contribution >= 0.6 is 0 Å². The Hall–Kier alpha value is -3.29. The first-order chi connectivity index (χ1) is 10.5. The summed E-state index contributed by atoms with van der Waals surface area (Å²) in [5, 5.41) is 24.3. The van der Waals surface area contributed by atoms with Crippen molar-refractivity contribution in [3.63, 3.8) is 0 Å². The summed E-state index contributed by atoms with van der Waals surface area (Å²) in [6.45, 7) is 1.52. The van der Waals surface area contributed by atoms with Crippen molar-refractivity contribution in [3.8, 4) is 5.75 Å². The summed E-state index contributed by atoms with van der Waals surface area (Å²) in [4.78, 5) is 25.8. The quantitative estimate of drug-likeness (QED) is 0.507. The Bertz CT molecular complexity index is 744. The first kappa shape index (κ1) is 15.1. The van der Waals surface area contributed by atoms with Crippen molar-refractivity contribution in [2.75, 3.05) is 0 Å². The van der Waals surface area contributed by atoms with Crippen LogP contribution in [0.4, 0.5) is 5.69 Å². The van der Waals surface area contributed by atoms with Crippen molar-refractivity contribution in [2.45, 2.75) is 6.92 Å². The standard InChI is InChI=1S/C14H12N4O4/c1-9(12-7-11(18(21)22)4-5-13(12)19)16-17-14(20)10-3-2-6-15-8-10/h2-8,19H,1H3,(H,17,20)/b16-9-. The largest absolute Gasteiger partial charge is 0.507 e. The number of hydrogen-bond acceptors (Lipinski definition) is 6. The van der Waals surface area contributed by atoms with Gasteiger partial charge in [0.25, 0.3) is 11.6 Å². The van der Waals surface area contributed by atoms with Gasteiger partial charge in [0.1, 0.15) is 5.75 Å². The van der Waals surface area contributed by atoms with Crippen LogP contribution in [0, 0.1) is 10.1 Å². The van der Waals surface area contributed by atoms with E-state index in [0.29, 0.717) is 5.56 Å². The molecule has 0 aliphatic heterocycles. The van der Waals surface area contributed by atoms with Crippen LogP contribution in [-0.4, -0.2) is 26.6 Å². The van der Waals surface area contributed by atoms with Crippen molar-refractivity contribution in [1.82, 2.24) is 10.4 Å². The fourth-order valence-corrected chi connectivity index (χ4v) is 1.68. The minimum absolute atomic E-state index is 0.164. The number of carbonyl (C=O) groups is 1. The Morgan fingerprint density at radius 2 is 2.18 bits per heavy atom. The highest BCUT2D eigenvalue weighted by molar-refractivity contribution is 6.03. The van der Waals surface area contributed by atoms with Gasteiger partial charge >= 0.3 is 0 Å². The third kappa shape index (κ3) is 3.42. The van der Waals surface area contributed by atoms with Gasteiger partial charge in [-0.15, -0.1) is 0 Å². The number of carbonyl (C=O) groups excluding carboxylic acids is 1. The average molecular weight is 300 g/mol. The summed E-state index contributed by atoms with van der Waals surface area (Å²) in [7, 11) is 0. The molecule has 0 saturated heterocycles. The lowest BCUT2D eigenvalue weighted by molar-refractivity contribution is -0.384. The maximum absolute atomic E-state index is 11.8. The molecule has 0 fully saturated rings. The van der Waals surface area contributed by atoms with E-state index in [1.54, 1.807) is 12.1 Å². The molecule has 0 spiro atoms. The van der Waals surface area contributed by atoms with Crippen LogP contribution in [0.15, 0.2) is 47.8 Å². The van der Waals surface area contributed by atoms with Crippen LogP contribution in [0.25, 0.3) is 0 Å². The minimum atomic E-state index is -0.579. The zero-order valence-electron chi connectivity index (χ0n) is 11.6. The first-order valence-electron chi connectivity index (χ1n) is 6.21. The predicted octanol–water partition coefficient (Wildman–Crippen LogP) is 1.85. The molecule has 1 heterocycles. The van der Waals surface area contributed by atoms with Crippen molar-refractivity contribution < 1.29 is 14.8 Å². The SMILES string of the molecule is C/C(=N/NC(=O)c1cccnc1)c1cc([N+](=O)[O-])ccc1O. The minimum Gasteiger partial charge on any atom is -0.507 e. The molecule has 0 radical (unpaired) electrons. The molecule has 2 aromatic rings. The molecule has 0 bridgehead atoms. The molecule has 8 heteroatoms. The van der Waals surface area contributed by atoms with Crippen LogP contribution < -0.4 is 5.43 Å². The normalized spacial score (nSPS) is 11.0. The second kappa shape index (κ2) is 6.44. The van der Waals surface area contributed by atoms with E-state index in [1.165, 1.54) is 37.5 Å². The number of nitrogens with zero attached hydrogens (tertiary/aromatic N) is 3. The fraction of sp³-hybridized carbons (Fsp3) is 0.0714. The van der Waals surface area contributed by atoms with Gasteiger partial charge in [-0.2, -0.15) is 5.10 Å². The van der Waals surface area contributed by atoms with E-state index in [4.69, 9.17) is 0 Å². The zero-order valence-corrected chi connectivity index (χ0v) is 11.6. The summed E-state index contributed by atoms with van der Waals surface area (Å²) in [6.07, 6.45) is 2.91. The monoisotopic (exact) mass is 300 g/mol. The van der Waals surface area contributed by atoms with E-state index in [1.807, 2.05) is 0 Å². The van der Waals surface area contributed by atoms with Crippen LogP contribution in [-0.2, 0) is 0 Å². The van der Waals surface area contributed by atoms with E-state index < -0.39 is 10.8 Å². The zero-order chi connectivity index (χ0) is 16.1. The van der Waals surface area contributed by atoms with Crippen molar-refractivity contribution in [2.24, 2.45) is 5.10 Å². The first-order valence-corrected chi connectivity index (χ1v) is 6.21. The average Bonchev–Trinajstić information content (AvgIpc) is 2.53. The van der Waals surface area contributed by atoms with Crippen molar-refractivity contribution >= 4 is 17.3 Å². The van der Waals surface area contributed by atoms with Gasteiger partial charge in [0.2, 0.25) is 0 Å². The lowest BCUT2D eigenvalue weighted by atomic mass is 10.1. The Morgan fingerprint density at radius 1 is 1.41 bits per heavy atom. The molecule has 22 heavy (non-hydrogen) atoms. The molecule has 0 unspecified atom stereocenters. The Labute approximate surface area is 125 Å². The number of aromatic nitrogens is 1. The number of nitrogens with one attached hydrogen (secondary N) is 1. The Morgan fingerprint density at radius 3 is 2.82 bits per heavy atom. The molecule has 1 amide bonds. The number of phenols is 1. The highest BCUT2D eigenvalue weighted by Crippen LogP contribution is 2.23. The number of rotatable bonds is 4. The third-order valence-corrected chi connectivity index (χ3v) is 2.83. The number of hydrogen-bond donors (Lipinski definition) is 2. The Balaban J connectivity index is 2.21. The fourth-order valence-electron chi connectivity index (χ4n) is 1.68. The molecule has 0 aliphatic carbocycles. The van der Waals surface area contributed by atoms with Crippen LogP contribution in [0.2, 0.25) is 0 Å². The summed E-state index contributed by atoms with van der Waals surface area (Å²) < 4.78 is 0. The van der Waals surface area contributed by atoms with Gasteiger partial charge in [-0.3, -0.25) is 19.9 Å². The van der Waals surface area contributed by atoms with Crippen LogP contribution in [0.3, 0.4) is 0 Å². The number of aromatic hydroxyl groups is 1. The molecule has 8 nitrogen and oxygen atoms in total. The van der Waals surface area contributed by atoms with Gasteiger partial charge in [0, 0.05) is 30.1 Å². The molecule has 0 aliphatic rings. The number of phenolic OH excluding ortho intramolecular Hbond substituents is 1. The highest BCUT2D eigenvalue weighted by Gasteiger charge is 2.13. The van der Waals surface area contributed by atoms with Gasteiger partial charge in [-0.1, -0.05) is 0 Å². The molecule has 2 N–H and O–H groups in total. The van der Waals surface area contributed by atoms with E-state index in [2.05, 4.69) is 15.5 Å². The predicted molar refractivity (Wildman–Crippen MR) is 78.7 cm³/mol. The third-order valence-electron chi connectivity index (χ3n) is 2.83. The number of amides is 1. The van der Waals surface area contributed by atoms with Crippen molar-refractivity contribution in [1.29, 1.82) is 0 Å². The number of hydrazone groups is 1. The van der Waals surface area contributed by atoms with Gasteiger partial charge in [0.15, 0.2) is 0 Å². The number of nitro benzene ring substituents is 1. The lowest BCUT2D eigenvalue weighted by Gasteiger charge is -2.05. The molecule has 0 atom stereocenters. The second-order valence-electron chi connectivity index (χ2n) is 4.34.